The third kappa shape index (κ3) is 7.24. The molecule has 0 aliphatic rings. The van der Waals surface area contributed by atoms with Crippen molar-refractivity contribution in [3.63, 3.8) is 0 Å². The number of nitrogens with zero attached hydrogens (tertiary/aromatic N) is 1. The fourth-order valence-corrected chi connectivity index (χ4v) is 4.57. The number of amides is 2. The van der Waals surface area contributed by atoms with Gasteiger partial charge < -0.3 is 10.2 Å². The Bertz CT molecular complexity index is 904. The Morgan fingerprint density at radius 1 is 1.12 bits per heavy atom. The standard InChI is InChI=1S/C25H32ClFN2O2S/c1-5-18(4)28-25(31)23(6-2)29(14-19-11-8-7-10-17(19)3)24(30)16-32-15-20-21(26)12-9-13-22(20)27/h7-13,18,23H,5-6,14-16H2,1-4H3,(H,28,31)/t18-,23-/m1/s1. The molecular weight excluding hydrogens is 447 g/mol. The number of benzene rings is 2. The number of thioether (sulfide) groups is 1. The summed E-state index contributed by atoms with van der Waals surface area (Å²) in [5, 5.41) is 3.35. The van der Waals surface area contributed by atoms with Gasteiger partial charge in [-0.2, -0.15) is 0 Å². The summed E-state index contributed by atoms with van der Waals surface area (Å²) in [6, 6.07) is 11.9. The number of halogens is 2. The molecule has 0 heterocycles. The summed E-state index contributed by atoms with van der Waals surface area (Å²) in [6.45, 7) is 8.20. The first-order valence-electron chi connectivity index (χ1n) is 10.9. The molecule has 1 N–H and O–H groups in total. The van der Waals surface area contributed by atoms with Crippen LogP contribution in [0.4, 0.5) is 4.39 Å². The van der Waals surface area contributed by atoms with Gasteiger partial charge in [-0.1, -0.05) is 55.8 Å². The molecule has 0 aromatic heterocycles. The Morgan fingerprint density at radius 3 is 2.47 bits per heavy atom. The first-order chi connectivity index (χ1) is 15.3. The lowest BCUT2D eigenvalue weighted by atomic mass is 10.1. The summed E-state index contributed by atoms with van der Waals surface area (Å²) in [6.07, 6.45) is 1.32. The molecule has 4 nitrogen and oxygen atoms in total. The lowest BCUT2D eigenvalue weighted by Gasteiger charge is -2.32. The highest BCUT2D eigenvalue weighted by molar-refractivity contribution is 7.99. The van der Waals surface area contributed by atoms with E-state index in [2.05, 4.69) is 5.32 Å². The summed E-state index contributed by atoms with van der Waals surface area (Å²) in [5.41, 5.74) is 2.45. The SMILES string of the molecule is CC[C@@H](C)NC(=O)[C@@H](CC)N(Cc1ccccc1C)C(=O)CSCc1c(F)cccc1Cl. The second-order valence-electron chi connectivity index (χ2n) is 7.88. The number of aryl methyl sites for hydroxylation is 1. The number of rotatable bonds is 11. The van der Waals surface area contributed by atoms with Crippen molar-refractivity contribution < 1.29 is 14.0 Å². The van der Waals surface area contributed by atoms with Crippen molar-refractivity contribution in [3.8, 4) is 0 Å². The second kappa shape index (κ2) is 12.9. The molecule has 2 atom stereocenters. The van der Waals surface area contributed by atoms with Crippen LogP contribution < -0.4 is 5.32 Å². The van der Waals surface area contributed by atoms with Gasteiger partial charge in [0.05, 0.1) is 5.75 Å². The van der Waals surface area contributed by atoms with Crippen LogP contribution in [0.2, 0.25) is 5.02 Å². The van der Waals surface area contributed by atoms with Crippen molar-refractivity contribution in [1.29, 1.82) is 0 Å². The van der Waals surface area contributed by atoms with E-state index in [0.717, 1.165) is 17.5 Å². The van der Waals surface area contributed by atoms with Gasteiger partial charge in [-0.3, -0.25) is 9.59 Å². The lowest BCUT2D eigenvalue weighted by Crippen LogP contribution is -2.51. The van der Waals surface area contributed by atoms with Crippen LogP contribution in [0.1, 0.15) is 50.3 Å². The molecule has 2 amide bonds. The predicted octanol–water partition coefficient (Wildman–Crippen LogP) is 5.74. The fraction of sp³-hybridized carbons (Fsp3) is 0.440. The van der Waals surface area contributed by atoms with Crippen LogP contribution in [-0.4, -0.2) is 34.6 Å². The molecule has 0 radical (unpaired) electrons. The minimum absolute atomic E-state index is 0.0320. The smallest absolute Gasteiger partial charge is 0.243 e. The van der Waals surface area contributed by atoms with E-state index in [9.17, 15) is 14.0 Å². The van der Waals surface area contributed by atoms with Crippen LogP contribution in [0, 0.1) is 12.7 Å². The van der Waals surface area contributed by atoms with E-state index in [0.29, 0.717) is 23.6 Å². The van der Waals surface area contributed by atoms with Crippen molar-refractivity contribution in [3.05, 3.63) is 70.0 Å². The Hall–Kier alpha value is -2.05. The van der Waals surface area contributed by atoms with Gasteiger partial charge in [0.15, 0.2) is 0 Å². The second-order valence-corrected chi connectivity index (χ2v) is 9.28. The molecule has 0 bridgehead atoms. The average molecular weight is 479 g/mol. The van der Waals surface area contributed by atoms with Crippen molar-refractivity contribution in [2.45, 2.75) is 64.9 Å². The summed E-state index contributed by atoms with van der Waals surface area (Å²) < 4.78 is 14.1. The average Bonchev–Trinajstić information content (AvgIpc) is 2.76. The minimum atomic E-state index is -0.575. The van der Waals surface area contributed by atoms with E-state index in [1.54, 1.807) is 17.0 Å². The number of nitrogens with one attached hydrogen (secondary N) is 1. The number of hydrogen-bond acceptors (Lipinski definition) is 3. The van der Waals surface area contributed by atoms with Gasteiger partial charge in [0.25, 0.3) is 0 Å². The molecule has 2 rings (SSSR count). The maximum absolute atomic E-state index is 14.1. The Balaban J connectivity index is 2.19. The molecular formula is C25H32ClFN2O2S. The van der Waals surface area contributed by atoms with E-state index >= 15 is 0 Å². The summed E-state index contributed by atoms with van der Waals surface area (Å²) in [5.74, 6) is -0.272. The largest absolute Gasteiger partial charge is 0.352 e. The third-order valence-electron chi connectivity index (χ3n) is 5.52. The van der Waals surface area contributed by atoms with Gasteiger partial charge in [-0.25, -0.2) is 4.39 Å². The normalized spacial score (nSPS) is 12.8. The highest BCUT2D eigenvalue weighted by Crippen LogP contribution is 2.25. The molecule has 0 aliphatic heterocycles. The Kier molecular flexibility index (Phi) is 10.5. The van der Waals surface area contributed by atoms with Gasteiger partial charge >= 0.3 is 0 Å². The zero-order valence-corrected chi connectivity index (χ0v) is 20.7. The van der Waals surface area contributed by atoms with Crippen LogP contribution in [-0.2, 0) is 21.9 Å². The molecule has 2 aromatic carbocycles. The maximum atomic E-state index is 14.1. The van der Waals surface area contributed by atoms with E-state index < -0.39 is 6.04 Å². The number of carbonyl (C=O) groups excluding carboxylic acids is 2. The molecule has 0 unspecified atom stereocenters. The highest BCUT2D eigenvalue weighted by Gasteiger charge is 2.29. The van der Waals surface area contributed by atoms with Crippen molar-refractivity contribution >= 4 is 35.2 Å². The van der Waals surface area contributed by atoms with Crippen LogP contribution >= 0.6 is 23.4 Å². The lowest BCUT2D eigenvalue weighted by molar-refractivity contribution is -0.139. The topological polar surface area (TPSA) is 49.4 Å². The fourth-order valence-electron chi connectivity index (χ4n) is 3.33. The van der Waals surface area contributed by atoms with Crippen LogP contribution in [0.5, 0.6) is 0 Å². The summed E-state index contributed by atoms with van der Waals surface area (Å²) in [4.78, 5) is 27.9. The maximum Gasteiger partial charge on any atom is 0.243 e. The molecule has 0 aliphatic carbocycles. The summed E-state index contributed by atoms with van der Waals surface area (Å²) in [7, 11) is 0. The van der Waals surface area contributed by atoms with Gasteiger partial charge in [-0.05, 0) is 49.9 Å². The minimum Gasteiger partial charge on any atom is -0.352 e. The van der Waals surface area contributed by atoms with Gasteiger partial charge in [0.1, 0.15) is 11.9 Å². The highest BCUT2D eigenvalue weighted by atomic mass is 35.5. The van der Waals surface area contributed by atoms with Crippen molar-refractivity contribution in [2.24, 2.45) is 0 Å². The number of carbonyl (C=O) groups is 2. The zero-order chi connectivity index (χ0) is 23.7. The molecule has 174 valence electrons. The number of hydrogen-bond donors (Lipinski definition) is 1. The van der Waals surface area contributed by atoms with Crippen LogP contribution in [0.25, 0.3) is 0 Å². The first kappa shape index (κ1) is 26.2. The molecule has 0 spiro atoms. The molecule has 0 fully saturated rings. The molecule has 2 aromatic rings. The van der Waals surface area contributed by atoms with Gasteiger partial charge in [0.2, 0.25) is 11.8 Å². The van der Waals surface area contributed by atoms with Gasteiger partial charge in [-0.15, -0.1) is 11.8 Å². The monoisotopic (exact) mass is 478 g/mol. The van der Waals surface area contributed by atoms with Crippen LogP contribution in [0.15, 0.2) is 42.5 Å². The van der Waals surface area contributed by atoms with E-state index in [1.807, 2.05) is 52.0 Å². The third-order valence-corrected chi connectivity index (χ3v) is 6.82. The van der Waals surface area contributed by atoms with Gasteiger partial charge in [0, 0.05) is 28.9 Å². The van der Waals surface area contributed by atoms with E-state index in [-0.39, 0.29) is 35.2 Å². The molecule has 0 saturated heterocycles. The van der Waals surface area contributed by atoms with Crippen molar-refractivity contribution in [1.82, 2.24) is 10.2 Å². The quantitative estimate of drug-likeness (QED) is 0.447. The predicted molar refractivity (Wildman–Crippen MR) is 131 cm³/mol. The van der Waals surface area contributed by atoms with E-state index in [4.69, 9.17) is 11.6 Å². The molecule has 7 heteroatoms. The zero-order valence-electron chi connectivity index (χ0n) is 19.2. The van der Waals surface area contributed by atoms with E-state index in [1.165, 1.54) is 17.8 Å². The van der Waals surface area contributed by atoms with Crippen LogP contribution in [0.3, 0.4) is 0 Å². The summed E-state index contributed by atoms with van der Waals surface area (Å²) >= 11 is 7.40. The Labute approximate surface area is 199 Å². The molecule has 0 saturated carbocycles. The van der Waals surface area contributed by atoms with Crippen molar-refractivity contribution in [2.75, 3.05) is 5.75 Å². The molecule has 32 heavy (non-hydrogen) atoms. The first-order valence-corrected chi connectivity index (χ1v) is 12.5. The Morgan fingerprint density at radius 2 is 1.84 bits per heavy atom.